The van der Waals surface area contributed by atoms with Gasteiger partial charge in [-0.25, -0.2) is 0 Å². The Morgan fingerprint density at radius 3 is 2.35 bits per heavy atom. The Hall–Kier alpha value is -0.610. The number of nitrogens with zero attached hydrogens (tertiary/aromatic N) is 1. The van der Waals surface area contributed by atoms with Crippen molar-refractivity contribution in [3.63, 3.8) is 0 Å². The molecular weight excluding hydrogens is 250 g/mol. The Bertz CT molecular complexity index is 242. The zero-order valence-corrected chi connectivity index (χ0v) is 14.0. The van der Waals surface area contributed by atoms with Crippen LogP contribution in [-0.2, 0) is 4.79 Å². The molecule has 2 unspecified atom stereocenters. The number of nitrogens with one attached hydrogen (secondary N) is 1. The monoisotopic (exact) mass is 285 g/mol. The molecule has 0 aliphatic carbocycles. The predicted octanol–water partition coefficient (Wildman–Crippen LogP) is 2.38. The van der Waals surface area contributed by atoms with Gasteiger partial charge in [-0.1, -0.05) is 20.8 Å². The SMILES string of the molecule is CCN(CC)CCCC(C)NC(=O)CCC(C)CCN. The highest BCUT2D eigenvalue weighted by molar-refractivity contribution is 5.76. The quantitative estimate of drug-likeness (QED) is 0.579. The molecule has 20 heavy (non-hydrogen) atoms. The first-order valence-corrected chi connectivity index (χ1v) is 8.25. The van der Waals surface area contributed by atoms with E-state index >= 15 is 0 Å². The van der Waals surface area contributed by atoms with Gasteiger partial charge in [0.05, 0.1) is 0 Å². The molecule has 0 saturated heterocycles. The molecule has 0 aromatic rings. The van der Waals surface area contributed by atoms with Crippen LogP contribution in [0.5, 0.6) is 0 Å². The Morgan fingerprint density at radius 1 is 1.15 bits per heavy atom. The number of nitrogens with two attached hydrogens (primary N) is 1. The van der Waals surface area contributed by atoms with Crippen molar-refractivity contribution in [2.24, 2.45) is 11.7 Å². The van der Waals surface area contributed by atoms with Gasteiger partial charge in [-0.15, -0.1) is 0 Å². The Kier molecular flexibility index (Phi) is 11.8. The number of hydrogen-bond acceptors (Lipinski definition) is 3. The van der Waals surface area contributed by atoms with Gasteiger partial charge in [0.2, 0.25) is 5.91 Å². The zero-order valence-electron chi connectivity index (χ0n) is 14.0. The van der Waals surface area contributed by atoms with Crippen molar-refractivity contribution in [3.8, 4) is 0 Å². The molecule has 4 heteroatoms. The smallest absolute Gasteiger partial charge is 0.220 e. The van der Waals surface area contributed by atoms with Crippen molar-refractivity contribution < 1.29 is 4.79 Å². The second kappa shape index (κ2) is 12.2. The predicted molar refractivity (Wildman–Crippen MR) is 86.7 cm³/mol. The Labute approximate surface area is 125 Å². The van der Waals surface area contributed by atoms with Crippen molar-refractivity contribution in [3.05, 3.63) is 0 Å². The molecule has 0 heterocycles. The van der Waals surface area contributed by atoms with E-state index in [4.69, 9.17) is 5.73 Å². The van der Waals surface area contributed by atoms with Crippen molar-refractivity contribution in [2.75, 3.05) is 26.2 Å². The number of hydrogen-bond donors (Lipinski definition) is 2. The largest absolute Gasteiger partial charge is 0.354 e. The summed E-state index contributed by atoms with van der Waals surface area (Å²) in [6.45, 7) is 12.7. The van der Waals surface area contributed by atoms with Crippen LogP contribution in [0.4, 0.5) is 0 Å². The number of amides is 1. The molecule has 0 radical (unpaired) electrons. The molecule has 0 spiro atoms. The molecule has 0 aromatic heterocycles. The van der Waals surface area contributed by atoms with E-state index in [0.717, 1.165) is 45.3 Å². The normalized spacial score (nSPS) is 14.3. The van der Waals surface area contributed by atoms with E-state index in [0.29, 0.717) is 18.9 Å². The van der Waals surface area contributed by atoms with Crippen LogP contribution in [0.25, 0.3) is 0 Å². The average molecular weight is 285 g/mol. The first-order chi connectivity index (χ1) is 9.53. The average Bonchev–Trinajstić information content (AvgIpc) is 2.42. The molecular formula is C16H35N3O. The van der Waals surface area contributed by atoms with Gasteiger partial charge in [-0.05, 0) is 64.7 Å². The Balaban J connectivity index is 3.69. The summed E-state index contributed by atoms with van der Waals surface area (Å²) >= 11 is 0. The fourth-order valence-corrected chi connectivity index (χ4v) is 2.39. The molecule has 2 atom stereocenters. The van der Waals surface area contributed by atoms with E-state index in [1.807, 2.05) is 0 Å². The van der Waals surface area contributed by atoms with E-state index in [1.54, 1.807) is 0 Å². The molecule has 0 saturated carbocycles. The zero-order chi connectivity index (χ0) is 15.4. The highest BCUT2D eigenvalue weighted by Crippen LogP contribution is 2.09. The first-order valence-electron chi connectivity index (χ1n) is 8.25. The van der Waals surface area contributed by atoms with Gasteiger partial charge in [0, 0.05) is 12.5 Å². The Morgan fingerprint density at radius 2 is 1.80 bits per heavy atom. The highest BCUT2D eigenvalue weighted by Gasteiger charge is 2.10. The number of carbonyl (C=O) groups is 1. The first kappa shape index (κ1) is 19.4. The van der Waals surface area contributed by atoms with Crippen LogP contribution in [0.1, 0.15) is 59.8 Å². The third-order valence-corrected chi connectivity index (χ3v) is 3.94. The van der Waals surface area contributed by atoms with Gasteiger partial charge in [-0.2, -0.15) is 0 Å². The lowest BCUT2D eigenvalue weighted by Gasteiger charge is -2.20. The van der Waals surface area contributed by atoms with Gasteiger partial charge in [0.1, 0.15) is 0 Å². The lowest BCUT2D eigenvalue weighted by molar-refractivity contribution is -0.122. The second-order valence-electron chi connectivity index (χ2n) is 5.86. The van der Waals surface area contributed by atoms with E-state index in [9.17, 15) is 4.79 Å². The summed E-state index contributed by atoms with van der Waals surface area (Å²) in [5.41, 5.74) is 5.51. The lowest BCUT2D eigenvalue weighted by Crippen LogP contribution is -2.33. The molecule has 120 valence electrons. The van der Waals surface area contributed by atoms with Crippen molar-refractivity contribution >= 4 is 5.91 Å². The topological polar surface area (TPSA) is 58.4 Å². The van der Waals surface area contributed by atoms with Crippen LogP contribution in [0.15, 0.2) is 0 Å². The highest BCUT2D eigenvalue weighted by atomic mass is 16.1. The van der Waals surface area contributed by atoms with Crippen molar-refractivity contribution in [1.29, 1.82) is 0 Å². The second-order valence-corrected chi connectivity index (χ2v) is 5.86. The minimum Gasteiger partial charge on any atom is -0.354 e. The van der Waals surface area contributed by atoms with E-state index in [-0.39, 0.29) is 11.9 Å². The van der Waals surface area contributed by atoms with E-state index < -0.39 is 0 Å². The summed E-state index contributed by atoms with van der Waals surface area (Å²) in [6, 6.07) is 0.280. The van der Waals surface area contributed by atoms with Gasteiger partial charge < -0.3 is 16.0 Å². The summed E-state index contributed by atoms with van der Waals surface area (Å²) in [5.74, 6) is 0.730. The molecule has 0 fully saturated rings. The maximum Gasteiger partial charge on any atom is 0.220 e. The molecule has 4 nitrogen and oxygen atoms in total. The van der Waals surface area contributed by atoms with Gasteiger partial charge >= 0.3 is 0 Å². The third kappa shape index (κ3) is 10.2. The molecule has 0 aliphatic heterocycles. The fraction of sp³-hybridized carbons (Fsp3) is 0.938. The molecule has 0 aliphatic rings. The van der Waals surface area contributed by atoms with Crippen molar-refractivity contribution in [2.45, 2.75) is 65.8 Å². The maximum absolute atomic E-state index is 11.8. The van der Waals surface area contributed by atoms with E-state index in [1.165, 1.54) is 0 Å². The van der Waals surface area contributed by atoms with Crippen LogP contribution in [-0.4, -0.2) is 43.0 Å². The molecule has 0 aromatic carbocycles. The molecule has 3 N–H and O–H groups in total. The van der Waals surface area contributed by atoms with Crippen LogP contribution in [0, 0.1) is 5.92 Å². The molecule has 1 amide bonds. The van der Waals surface area contributed by atoms with Crippen LogP contribution in [0.2, 0.25) is 0 Å². The number of carbonyl (C=O) groups excluding carboxylic acids is 1. The molecule has 0 rings (SSSR count). The molecule has 0 bridgehead atoms. The summed E-state index contributed by atoms with van der Waals surface area (Å²) in [5, 5.41) is 3.10. The maximum atomic E-state index is 11.8. The number of rotatable bonds is 12. The van der Waals surface area contributed by atoms with E-state index in [2.05, 4.69) is 37.9 Å². The standard InChI is InChI=1S/C16H35N3O/c1-5-19(6-2)13-7-8-15(4)18-16(20)10-9-14(3)11-12-17/h14-15H,5-13,17H2,1-4H3,(H,18,20). The van der Waals surface area contributed by atoms with Crippen LogP contribution < -0.4 is 11.1 Å². The van der Waals surface area contributed by atoms with Gasteiger partial charge in [0.15, 0.2) is 0 Å². The van der Waals surface area contributed by atoms with Gasteiger partial charge in [-0.3, -0.25) is 4.79 Å². The van der Waals surface area contributed by atoms with Crippen LogP contribution in [0.3, 0.4) is 0 Å². The van der Waals surface area contributed by atoms with Gasteiger partial charge in [0.25, 0.3) is 0 Å². The summed E-state index contributed by atoms with van der Waals surface area (Å²) in [4.78, 5) is 14.2. The summed E-state index contributed by atoms with van der Waals surface area (Å²) in [6.07, 6.45) is 4.77. The summed E-state index contributed by atoms with van der Waals surface area (Å²) in [7, 11) is 0. The lowest BCUT2D eigenvalue weighted by atomic mass is 10.0. The minimum atomic E-state index is 0.184. The minimum absolute atomic E-state index is 0.184. The fourth-order valence-electron chi connectivity index (χ4n) is 2.39. The third-order valence-electron chi connectivity index (χ3n) is 3.94. The van der Waals surface area contributed by atoms with Crippen LogP contribution >= 0.6 is 0 Å². The van der Waals surface area contributed by atoms with Crippen molar-refractivity contribution in [1.82, 2.24) is 10.2 Å². The summed E-state index contributed by atoms with van der Waals surface area (Å²) < 4.78 is 0.